The smallest absolute Gasteiger partial charge is 0.409 e. The minimum atomic E-state index is -2.71. The third-order valence-electron chi connectivity index (χ3n) is 1.72. The van der Waals surface area contributed by atoms with Crippen molar-refractivity contribution in [2.24, 2.45) is 0 Å². The van der Waals surface area contributed by atoms with E-state index in [0.717, 1.165) is 4.90 Å². The Hall–Kier alpha value is -0.870. The number of carbonyl (C=O) groups excluding carboxylic acids is 1. The first-order valence-corrected chi connectivity index (χ1v) is 3.17. The second kappa shape index (κ2) is 2.32. The molecule has 3 nitrogen and oxygen atoms in total. The fourth-order valence-corrected chi connectivity index (χ4v) is 0.890. The molecule has 0 aromatic carbocycles. The SMILES string of the molecule is COC(=O)N(C)C1CC1(F)F. The van der Waals surface area contributed by atoms with Gasteiger partial charge in [-0.2, -0.15) is 0 Å². The molecule has 0 aromatic rings. The molecule has 1 atom stereocenters. The maximum absolute atomic E-state index is 12.3. The van der Waals surface area contributed by atoms with Crippen LogP contribution in [0, 0.1) is 0 Å². The van der Waals surface area contributed by atoms with Gasteiger partial charge in [0.2, 0.25) is 0 Å². The lowest BCUT2D eigenvalue weighted by molar-refractivity contribution is 0.0702. The molecular weight excluding hydrogens is 156 g/mol. The van der Waals surface area contributed by atoms with Crippen molar-refractivity contribution in [1.82, 2.24) is 4.90 Å². The number of carbonyl (C=O) groups is 1. The zero-order valence-corrected chi connectivity index (χ0v) is 6.30. The molecule has 1 aliphatic carbocycles. The van der Waals surface area contributed by atoms with Crippen molar-refractivity contribution in [3.05, 3.63) is 0 Å². The van der Waals surface area contributed by atoms with Crippen LogP contribution in [0.3, 0.4) is 0 Å². The summed E-state index contributed by atoms with van der Waals surface area (Å²) < 4.78 is 28.8. The van der Waals surface area contributed by atoms with Gasteiger partial charge in [-0.3, -0.25) is 0 Å². The summed E-state index contributed by atoms with van der Waals surface area (Å²) in [7, 11) is 2.47. The number of rotatable bonds is 1. The molecule has 1 aliphatic rings. The highest BCUT2D eigenvalue weighted by molar-refractivity contribution is 5.68. The summed E-state index contributed by atoms with van der Waals surface area (Å²) in [6.07, 6.45) is -0.967. The van der Waals surface area contributed by atoms with E-state index in [1.54, 1.807) is 0 Å². The molecule has 1 saturated carbocycles. The van der Waals surface area contributed by atoms with E-state index in [0.29, 0.717) is 0 Å². The van der Waals surface area contributed by atoms with Crippen LogP contribution >= 0.6 is 0 Å². The van der Waals surface area contributed by atoms with Gasteiger partial charge >= 0.3 is 6.09 Å². The first-order valence-electron chi connectivity index (χ1n) is 3.17. The van der Waals surface area contributed by atoms with E-state index in [1.807, 2.05) is 0 Å². The third kappa shape index (κ3) is 1.41. The van der Waals surface area contributed by atoms with Crippen LogP contribution in [-0.4, -0.2) is 37.1 Å². The van der Waals surface area contributed by atoms with Gasteiger partial charge in [0, 0.05) is 13.5 Å². The monoisotopic (exact) mass is 165 g/mol. The van der Waals surface area contributed by atoms with Crippen molar-refractivity contribution in [3.8, 4) is 0 Å². The maximum atomic E-state index is 12.3. The molecule has 0 N–H and O–H groups in total. The summed E-state index contributed by atoms with van der Waals surface area (Å²) in [6.45, 7) is 0. The zero-order valence-electron chi connectivity index (χ0n) is 6.30. The normalized spacial score (nSPS) is 26.0. The number of hydrogen-bond donors (Lipinski definition) is 0. The van der Waals surface area contributed by atoms with Crippen molar-refractivity contribution in [2.45, 2.75) is 18.4 Å². The Morgan fingerprint density at radius 1 is 1.73 bits per heavy atom. The summed E-state index contributed by atoms with van der Waals surface area (Å²) in [5, 5.41) is 0. The van der Waals surface area contributed by atoms with Crippen LogP contribution in [0.4, 0.5) is 13.6 Å². The van der Waals surface area contributed by atoms with Gasteiger partial charge in [-0.05, 0) is 0 Å². The largest absolute Gasteiger partial charge is 0.453 e. The number of halogens is 2. The van der Waals surface area contributed by atoms with E-state index in [9.17, 15) is 13.6 Å². The van der Waals surface area contributed by atoms with Crippen LogP contribution < -0.4 is 0 Å². The highest BCUT2D eigenvalue weighted by atomic mass is 19.3. The molecule has 64 valence electrons. The number of hydrogen-bond acceptors (Lipinski definition) is 2. The standard InChI is InChI=1S/C6H9F2NO2/c1-9(5(10)11-2)4-3-6(4,7)8/h4H,3H2,1-2H3. The number of alkyl halides is 2. The van der Waals surface area contributed by atoms with E-state index < -0.39 is 18.1 Å². The van der Waals surface area contributed by atoms with E-state index >= 15 is 0 Å². The molecular formula is C6H9F2NO2. The fraction of sp³-hybridized carbons (Fsp3) is 0.833. The maximum Gasteiger partial charge on any atom is 0.409 e. The first-order chi connectivity index (χ1) is 4.99. The quantitative estimate of drug-likeness (QED) is 0.582. The van der Waals surface area contributed by atoms with Gasteiger partial charge in [0.15, 0.2) is 0 Å². The van der Waals surface area contributed by atoms with E-state index in [1.165, 1.54) is 14.2 Å². The third-order valence-corrected chi connectivity index (χ3v) is 1.72. The van der Waals surface area contributed by atoms with Crippen LogP contribution in [-0.2, 0) is 4.74 Å². The Bertz CT molecular complexity index is 183. The van der Waals surface area contributed by atoms with Crippen molar-refractivity contribution < 1.29 is 18.3 Å². The van der Waals surface area contributed by atoms with Gasteiger partial charge in [0.05, 0.1) is 7.11 Å². The minimum absolute atomic E-state index is 0.251. The Labute approximate surface area is 62.9 Å². The fourth-order valence-electron chi connectivity index (χ4n) is 0.890. The molecule has 1 unspecified atom stereocenters. The lowest BCUT2D eigenvalue weighted by Crippen LogP contribution is -2.31. The van der Waals surface area contributed by atoms with E-state index in [2.05, 4.69) is 4.74 Å². The topological polar surface area (TPSA) is 29.5 Å². The summed E-state index contributed by atoms with van der Waals surface area (Å²) in [5.74, 6) is -2.71. The zero-order chi connectivity index (χ0) is 8.65. The highest BCUT2D eigenvalue weighted by Crippen LogP contribution is 2.45. The molecule has 0 saturated heterocycles. The molecule has 0 bridgehead atoms. The van der Waals surface area contributed by atoms with E-state index in [-0.39, 0.29) is 6.42 Å². The summed E-state index contributed by atoms with van der Waals surface area (Å²) in [6, 6.07) is -0.963. The second-order valence-corrected chi connectivity index (χ2v) is 2.56. The van der Waals surface area contributed by atoms with Crippen LogP contribution in [0.2, 0.25) is 0 Å². The number of nitrogens with zero attached hydrogens (tertiary/aromatic N) is 1. The average Bonchev–Trinajstić information content (AvgIpc) is 2.56. The molecule has 11 heavy (non-hydrogen) atoms. The first kappa shape index (κ1) is 8.23. The molecule has 0 spiro atoms. The predicted molar refractivity (Wildman–Crippen MR) is 33.5 cm³/mol. The summed E-state index contributed by atoms with van der Waals surface area (Å²) in [5.41, 5.74) is 0. The van der Waals surface area contributed by atoms with E-state index in [4.69, 9.17) is 0 Å². The molecule has 1 fully saturated rings. The Morgan fingerprint density at radius 2 is 2.18 bits per heavy atom. The van der Waals surface area contributed by atoms with Crippen molar-refractivity contribution in [3.63, 3.8) is 0 Å². The van der Waals surface area contributed by atoms with Crippen LogP contribution in [0.5, 0.6) is 0 Å². The predicted octanol–water partition coefficient (Wildman–Crippen LogP) is 1.09. The minimum Gasteiger partial charge on any atom is -0.453 e. The van der Waals surface area contributed by atoms with Gasteiger partial charge in [-0.15, -0.1) is 0 Å². The number of ether oxygens (including phenoxy) is 1. The molecule has 1 rings (SSSR count). The average molecular weight is 165 g/mol. The van der Waals surface area contributed by atoms with Crippen LogP contribution in [0.1, 0.15) is 6.42 Å². The number of amides is 1. The van der Waals surface area contributed by atoms with Crippen molar-refractivity contribution >= 4 is 6.09 Å². The second-order valence-electron chi connectivity index (χ2n) is 2.56. The van der Waals surface area contributed by atoms with Crippen molar-refractivity contribution in [2.75, 3.05) is 14.2 Å². The van der Waals surface area contributed by atoms with Gasteiger partial charge in [0.25, 0.3) is 5.92 Å². The Balaban J connectivity index is 2.45. The van der Waals surface area contributed by atoms with Gasteiger partial charge < -0.3 is 9.64 Å². The summed E-state index contributed by atoms with van der Waals surface area (Å²) >= 11 is 0. The Morgan fingerprint density at radius 3 is 2.45 bits per heavy atom. The summed E-state index contributed by atoms with van der Waals surface area (Å²) in [4.78, 5) is 11.6. The highest BCUT2D eigenvalue weighted by Gasteiger charge is 2.60. The molecule has 0 heterocycles. The van der Waals surface area contributed by atoms with Gasteiger partial charge in [-0.25, -0.2) is 13.6 Å². The molecule has 5 heteroatoms. The number of methoxy groups -OCH3 is 1. The molecule has 0 aliphatic heterocycles. The van der Waals surface area contributed by atoms with Crippen LogP contribution in [0.15, 0.2) is 0 Å². The molecule has 0 radical (unpaired) electrons. The lowest BCUT2D eigenvalue weighted by Gasteiger charge is -2.13. The Kier molecular flexibility index (Phi) is 1.74. The van der Waals surface area contributed by atoms with Crippen LogP contribution in [0.25, 0.3) is 0 Å². The lowest BCUT2D eigenvalue weighted by atomic mass is 10.6. The van der Waals surface area contributed by atoms with Crippen molar-refractivity contribution in [1.29, 1.82) is 0 Å². The van der Waals surface area contributed by atoms with Gasteiger partial charge in [-0.1, -0.05) is 0 Å². The molecule has 1 amide bonds. The molecule has 0 aromatic heterocycles. The van der Waals surface area contributed by atoms with Gasteiger partial charge in [0.1, 0.15) is 6.04 Å².